The van der Waals surface area contributed by atoms with Crippen LogP contribution in [0.3, 0.4) is 0 Å². The molecule has 0 N–H and O–H groups in total. The average molecular weight is 468 g/mol. The monoisotopic (exact) mass is 467 g/mol. The van der Waals surface area contributed by atoms with Gasteiger partial charge in [-0.1, -0.05) is 36.4 Å². The summed E-state index contributed by atoms with van der Waals surface area (Å²) >= 11 is 0. The van der Waals surface area contributed by atoms with Gasteiger partial charge in [0.25, 0.3) is 5.91 Å². The lowest BCUT2D eigenvalue weighted by atomic mass is 9.89. The number of hydrogen-bond acceptors (Lipinski definition) is 5. The summed E-state index contributed by atoms with van der Waals surface area (Å²) in [5.41, 5.74) is 3.10. The third-order valence-electron chi connectivity index (χ3n) is 6.48. The smallest absolute Gasteiger partial charge is 0.267 e. The van der Waals surface area contributed by atoms with Gasteiger partial charge in [-0.3, -0.25) is 9.59 Å². The van der Waals surface area contributed by atoms with Crippen LogP contribution in [-0.4, -0.2) is 36.5 Å². The number of anilines is 1. The second kappa shape index (κ2) is 9.51. The van der Waals surface area contributed by atoms with Gasteiger partial charge < -0.3 is 19.3 Å². The molecular weight excluding hydrogens is 442 g/mol. The van der Waals surface area contributed by atoms with E-state index in [-0.39, 0.29) is 17.9 Å². The first-order valence-electron chi connectivity index (χ1n) is 11.6. The normalized spacial score (nSPS) is 19.3. The lowest BCUT2D eigenvalue weighted by Gasteiger charge is -2.47. The number of likely N-dealkylation sites (tertiary alicyclic amines) is 1. The van der Waals surface area contributed by atoms with Crippen molar-refractivity contribution in [1.82, 2.24) is 4.90 Å². The van der Waals surface area contributed by atoms with E-state index in [0.717, 1.165) is 23.2 Å². The van der Waals surface area contributed by atoms with Crippen molar-refractivity contribution in [3.05, 3.63) is 89.5 Å². The van der Waals surface area contributed by atoms with Crippen LogP contribution in [0.5, 0.6) is 11.5 Å². The maximum absolute atomic E-state index is 13.3. The summed E-state index contributed by atoms with van der Waals surface area (Å²) < 4.78 is 11.7. The van der Waals surface area contributed by atoms with Crippen molar-refractivity contribution >= 4 is 17.5 Å². The molecule has 2 aliphatic rings. The number of ether oxygens (including phenoxy) is 2. The van der Waals surface area contributed by atoms with E-state index in [1.54, 1.807) is 41.2 Å². The summed E-state index contributed by atoms with van der Waals surface area (Å²) in [6.45, 7) is 1.09. The summed E-state index contributed by atoms with van der Waals surface area (Å²) in [5.74, 6) is 1.12. The van der Waals surface area contributed by atoms with Gasteiger partial charge >= 0.3 is 0 Å². The lowest BCUT2D eigenvalue weighted by molar-refractivity contribution is -0.165. The van der Waals surface area contributed by atoms with E-state index < -0.39 is 6.10 Å². The summed E-state index contributed by atoms with van der Waals surface area (Å²) in [5, 5.41) is 9.22. The molecule has 2 heterocycles. The molecule has 2 aliphatic heterocycles. The Morgan fingerprint density at radius 1 is 1.03 bits per heavy atom. The molecule has 7 nitrogen and oxygen atoms in total. The van der Waals surface area contributed by atoms with Crippen molar-refractivity contribution in [3.63, 3.8) is 0 Å². The first kappa shape index (κ1) is 22.5. The van der Waals surface area contributed by atoms with Crippen LogP contribution in [-0.2, 0) is 16.1 Å². The summed E-state index contributed by atoms with van der Waals surface area (Å²) in [6, 6.07) is 23.9. The Kier molecular flexibility index (Phi) is 6.11. The zero-order chi connectivity index (χ0) is 24.4. The van der Waals surface area contributed by atoms with Crippen LogP contribution in [0.1, 0.15) is 35.6 Å². The fraction of sp³-hybridized carbons (Fsp3) is 0.250. The molecule has 5 rings (SSSR count). The minimum absolute atomic E-state index is 0.127. The van der Waals surface area contributed by atoms with Crippen molar-refractivity contribution in [2.45, 2.75) is 31.5 Å². The fourth-order valence-electron chi connectivity index (χ4n) is 4.78. The van der Waals surface area contributed by atoms with Crippen LogP contribution in [0.15, 0.2) is 72.8 Å². The zero-order valence-corrected chi connectivity index (χ0v) is 19.4. The van der Waals surface area contributed by atoms with Crippen LogP contribution in [0, 0.1) is 11.3 Å². The quantitative estimate of drug-likeness (QED) is 0.486. The van der Waals surface area contributed by atoms with Gasteiger partial charge in [0, 0.05) is 30.8 Å². The summed E-state index contributed by atoms with van der Waals surface area (Å²) in [4.78, 5) is 29.1. The molecule has 3 aromatic rings. The lowest BCUT2D eigenvalue weighted by Crippen LogP contribution is -2.60. The summed E-state index contributed by atoms with van der Waals surface area (Å²) in [6.07, 6.45) is 0.676. The number of para-hydroxylation sites is 1. The Balaban J connectivity index is 1.44. The second-order valence-corrected chi connectivity index (χ2v) is 8.65. The Hall–Kier alpha value is -4.31. The molecule has 0 aliphatic carbocycles. The van der Waals surface area contributed by atoms with Crippen LogP contribution >= 0.6 is 0 Å². The highest BCUT2D eigenvalue weighted by molar-refractivity contribution is 5.95. The molecule has 2 atom stereocenters. The van der Waals surface area contributed by atoms with E-state index in [9.17, 15) is 14.9 Å². The van der Waals surface area contributed by atoms with E-state index in [1.165, 1.54) is 0 Å². The molecule has 7 heteroatoms. The molecule has 2 amide bonds. The first-order valence-corrected chi connectivity index (χ1v) is 11.6. The minimum Gasteiger partial charge on any atom is -0.496 e. The highest BCUT2D eigenvalue weighted by Crippen LogP contribution is 2.42. The number of benzene rings is 3. The zero-order valence-electron chi connectivity index (χ0n) is 19.4. The van der Waals surface area contributed by atoms with Gasteiger partial charge in [0.1, 0.15) is 17.5 Å². The van der Waals surface area contributed by atoms with E-state index >= 15 is 0 Å². The first-order chi connectivity index (χ1) is 17.1. The fourth-order valence-corrected chi connectivity index (χ4v) is 4.78. The highest BCUT2D eigenvalue weighted by Gasteiger charge is 2.51. The average Bonchev–Trinajstić information content (AvgIpc) is 3.33. The summed E-state index contributed by atoms with van der Waals surface area (Å²) in [7, 11) is 1.60. The molecule has 2 fully saturated rings. The molecule has 0 unspecified atom stereocenters. The van der Waals surface area contributed by atoms with Crippen LogP contribution in [0.2, 0.25) is 0 Å². The van der Waals surface area contributed by atoms with Gasteiger partial charge in [-0.2, -0.15) is 5.26 Å². The van der Waals surface area contributed by atoms with Crippen LogP contribution < -0.4 is 14.4 Å². The molecule has 35 heavy (non-hydrogen) atoms. The third-order valence-corrected chi connectivity index (χ3v) is 6.48. The topological polar surface area (TPSA) is 82.9 Å². The van der Waals surface area contributed by atoms with E-state index in [4.69, 9.17) is 9.47 Å². The van der Waals surface area contributed by atoms with E-state index in [1.807, 2.05) is 48.5 Å². The Morgan fingerprint density at radius 2 is 1.86 bits per heavy atom. The maximum atomic E-state index is 13.3. The van der Waals surface area contributed by atoms with Crippen molar-refractivity contribution in [2.75, 3.05) is 18.6 Å². The predicted octanol–water partition coefficient (Wildman–Crippen LogP) is 4.22. The van der Waals surface area contributed by atoms with Gasteiger partial charge in [0.2, 0.25) is 12.0 Å². The predicted molar refractivity (Wildman–Crippen MR) is 130 cm³/mol. The second-order valence-electron chi connectivity index (χ2n) is 8.65. The number of hydrogen-bond donors (Lipinski definition) is 0. The number of methoxy groups -OCH3 is 1. The maximum Gasteiger partial charge on any atom is 0.267 e. The van der Waals surface area contributed by atoms with Gasteiger partial charge in [-0.05, 0) is 48.4 Å². The molecule has 0 radical (unpaired) electrons. The molecule has 3 aromatic carbocycles. The number of carbonyl (C=O) groups is 2. The van der Waals surface area contributed by atoms with Crippen molar-refractivity contribution in [3.8, 4) is 17.6 Å². The van der Waals surface area contributed by atoms with Gasteiger partial charge in [-0.25, -0.2) is 0 Å². The Labute approximate surface area is 204 Å². The van der Waals surface area contributed by atoms with Gasteiger partial charge in [0.05, 0.1) is 18.7 Å². The van der Waals surface area contributed by atoms with E-state index in [0.29, 0.717) is 36.6 Å². The molecular formula is C28H25N3O4. The SMILES string of the molecule is COc1ccccc1[C@@H]1[C@H](Oc2cccc(C#N)c2)C(=O)N1Cc1cccc(N2CCCC2=O)c1. The molecule has 176 valence electrons. The van der Waals surface area contributed by atoms with E-state index in [2.05, 4.69) is 6.07 Å². The number of nitrogens with zero attached hydrogens (tertiary/aromatic N) is 3. The largest absolute Gasteiger partial charge is 0.496 e. The minimum atomic E-state index is -0.747. The number of nitriles is 1. The molecule has 0 bridgehead atoms. The van der Waals surface area contributed by atoms with Gasteiger partial charge in [-0.15, -0.1) is 0 Å². The number of β-lactam (4-membered cyclic amide) rings is 1. The molecule has 0 aromatic heterocycles. The Bertz CT molecular complexity index is 1320. The Morgan fingerprint density at radius 3 is 2.63 bits per heavy atom. The molecule has 2 saturated heterocycles. The van der Waals surface area contributed by atoms with Crippen molar-refractivity contribution in [1.29, 1.82) is 5.26 Å². The highest BCUT2D eigenvalue weighted by atomic mass is 16.5. The number of carbonyl (C=O) groups excluding carboxylic acids is 2. The number of rotatable bonds is 7. The van der Waals surface area contributed by atoms with Crippen molar-refractivity contribution < 1.29 is 19.1 Å². The third kappa shape index (κ3) is 4.31. The molecule has 0 spiro atoms. The standard InChI is InChI=1S/C28H25N3O4/c1-34-24-12-3-2-11-23(24)26-27(35-22-10-5-7-19(16-22)17-29)28(33)31(26)18-20-8-4-9-21(15-20)30-14-6-13-25(30)32/h2-5,7-12,15-16,26-27H,6,13-14,18H2,1H3/t26-,27+/m1/s1. The van der Waals surface area contributed by atoms with Crippen LogP contribution in [0.4, 0.5) is 5.69 Å². The molecule has 0 saturated carbocycles. The van der Waals surface area contributed by atoms with Crippen molar-refractivity contribution in [2.24, 2.45) is 0 Å². The van der Waals surface area contributed by atoms with Crippen LogP contribution in [0.25, 0.3) is 0 Å². The van der Waals surface area contributed by atoms with Gasteiger partial charge in [0.15, 0.2) is 0 Å². The number of amides is 2.